The van der Waals surface area contributed by atoms with E-state index in [1.807, 2.05) is 0 Å². The van der Waals surface area contributed by atoms with Crippen LogP contribution in [0.2, 0.25) is 0 Å². The summed E-state index contributed by atoms with van der Waals surface area (Å²) in [5, 5.41) is 44.4. The zero-order valence-electron chi connectivity index (χ0n) is 6.65. The topological polar surface area (TPSA) is 120 Å². The summed E-state index contributed by atoms with van der Waals surface area (Å²) in [5.74, 6) is 0. The van der Waals surface area contributed by atoms with Gasteiger partial charge in [-0.3, -0.25) is 5.26 Å². The summed E-state index contributed by atoms with van der Waals surface area (Å²) >= 11 is 0. The number of hydrogen-bond donors (Lipinski definition) is 5. The Morgan fingerprint density at radius 2 is 1.62 bits per heavy atom. The Hall–Kier alpha value is -0.280. The Balaban J connectivity index is 2.59. The molecule has 0 radical (unpaired) electrons. The molecule has 1 rings (SSSR count). The molecular weight excluding hydrogens is 184 g/mol. The maximum absolute atomic E-state index is 9.22. The lowest BCUT2D eigenvalue weighted by Crippen LogP contribution is -2.58. The summed E-state index contributed by atoms with van der Waals surface area (Å²) in [5.41, 5.74) is 0. The summed E-state index contributed by atoms with van der Waals surface area (Å²) in [6.07, 6.45) is -7.17. The molecule has 1 heterocycles. The highest BCUT2D eigenvalue weighted by Gasteiger charge is 2.42. The van der Waals surface area contributed by atoms with Crippen molar-refractivity contribution in [2.45, 2.75) is 30.7 Å². The fraction of sp³-hybridized carbons (Fsp3) is 1.00. The zero-order valence-corrected chi connectivity index (χ0v) is 6.65. The quantitative estimate of drug-likeness (QED) is 0.240. The molecule has 0 saturated carbocycles. The molecule has 1 saturated heterocycles. The standard InChI is InChI=1S/C6H12O7/c7-3-2(1-12-11)13-6(10)5(9)4(3)8/h2-11H,1H2/t2-,3-,4+,5+,6+/m1/s1. The minimum atomic E-state index is -1.60. The molecule has 0 unspecified atom stereocenters. The maximum atomic E-state index is 9.22. The third-order valence-corrected chi connectivity index (χ3v) is 1.93. The molecule has 1 aliphatic heterocycles. The van der Waals surface area contributed by atoms with Gasteiger partial charge in [0, 0.05) is 0 Å². The molecule has 0 aromatic rings. The summed E-state index contributed by atoms with van der Waals surface area (Å²) in [6, 6.07) is 0. The second kappa shape index (κ2) is 4.29. The first-order valence-electron chi connectivity index (χ1n) is 3.72. The van der Waals surface area contributed by atoms with E-state index in [2.05, 4.69) is 9.62 Å². The van der Waals surface area contributed by atoms with Gasteiger partial charge in [0.05, 0.1) is 0 Å². The molecule has 0 spiro atoms. The number of aliphatic hydroxyl groups is 4. The molecule has 0 aromatic heterocycles. The lowest BCUT2D eigenvalue weighted by molar-refractivity contribution is -0.323. The second-order valence-corrected chi connectivity index (χ2v) is 2.83. The first kappa shape index (κ1) is 10.8. The van der Waals surface area contributed by atoms with E-state index in [0.29, 0.717) is 0 Å². The van der Waals surface area contributed by atoms with Crippen molar-refractivity contribution >= 4 is 0 Å². The molecule has 5 atom stereocenters. The van der Waals surface area contributed by atoms with Gasteiger partial charge in [-0.1, -0.05) is 0 Å². The largest absolute Gasteiger partial charge is 0.387 e. The number of aliphatic hydroxyl groups excluding tert-OH is 4. The van der Waals surface area contributed by atoms with Gasteiger partial charge in [-0.25, -0.2) is 4.89 Å². The van der Waals surface area contributed by atoms with Gasteiger partial charge < -0.3 is 25.2 Å². The van der Waals surface area contributed by atoms with Crippen LogP contribution in [0.5, 0.6) is 0 Å². The fourth-order valence-corrected chi connectivity index (χ4v) is 1.14. The van der Waals surface area contributed by atoms with Gasteiger partial charge in [-0.05, 0) is 0 Å². The molecule has 1 aliphatic rings. The highest BCUT2D eigenvalue weighted by atomic mass is 17.1. The highest BCUT2D eigenvalue weighted by Crippen LogP contribution is 2.19. The maximum Gasteiger partial charge on any atom is 0.184 e. The molecule has 0 bridgehead atoms. The third-order valence-electron chi connectivity index (χ3n) is 1.93. The molecule has 7 heteroatoms. The van der Waals surface area contributed by atoms with Crippen molar-refractivity contribution in [2.75, 3.05) is 6.61 Å². The van der Waals surface area contributed by atoms with Crippen molar-refractivity contribution in [3.05, 3.63) is 0 Å². The van der Waals surface area contributed by atoms with Gasteiger partial charge in [0.1, 0.15) is 31.0 Å². The smallest absolute Gasteiger partial charge is 0.184 e. The average molecular weight is 196 g/mol. The predicted molar refractivity (Wildman–Crippen MR) is 37.5 cm³/mol. The Kier molecular flexibility index (Phi) is 3.56. The van der Waals surface area contributed by atoms with E-state index in [9.17, 15) is 5.11 Å². The van der Waals surface area contributed by atoms with E-state index >= 15 is 0 Å². The highest BCUT2D eigenvalue weighted by molar-refractivity contribution is 4.88. The Bertz CT molecular complexity index is 163. The Morgan fingerprint density at radius 3 is 2.15 bits per heavy atom. The normalized spacial score (nSPS) is 46.4. The van der Waals surface area contributed by atoms with E-state index in [4.69, 9.17) is 20.6 Å². The molecule has 7 nitrogen and oxygen atoms in total. The summed E-state index contributed by atoms with van der Waals surface area (Å²) in [7, 11) is 0. The van der Waals surface area contributed by atoms with Crippen LogP contribution < -0.4 is 0 Å². The first-order chi connectivity index (χ1) is 6.07. The zero-order chi connectivity index (χ0) is 10.0. The summed E-state index contributed by atoms with van der Waals surface area (Å²) in [4.78, 5) is 3.69. The fourth-order valence-electron chi connectivity index (χ4n) is 1.14. The van der Waals surface area contributed by atoms with Crippen molar-refractivity contribution in [1.29, 1.82) is 0 Å². The van der Waals surface area contributed by atoms with Crippen LogP contribution in [0.25, 0.3) is 0 Å². The third kappa shape index (κ3) is 2.15. The van der Waals surface area contributed by atoms with E-state index in [1.165, 1.54) is 0 Å². The molecule has 0 aromatic carbocycles. The van der Waals surface area contributed by atoms with Crippen molar-refractivity contribution in [3.8, 4) is 0 Å². The average Bonchev–Trinajstić information content (AvgIpc) is 2.11. The molecule has 5 N–H and O–H groups in total. The monoisotopic (exact) mass is 196 g/mol. The first-order valence-corrected chi connectivity index (χ1v) is 3.72. The van der Waals surface area contributed by atoms with Gasteiger partial charge in [-0.2, -0.15) is 0 Å². The second-order valence-electron chi connectivity index (χ2n) is 2.83. The van der Waals surface area contributed by atoms with Crippen LogP contribution in [0.3, 0.4) is 0 Å². The van der Waals surface area contributed by atoms with Crippen LogP contribution in [0.1, 0.15) is 0 Å². The van der Waals surface area contributed by atoms with Crippen molar-refractivity contribution in [3.63, 3.8) is 0 Å². The molecular formula is C6H12O7. The summed E-state index contributed by atoms with van der Waals surface area (Å²) in [6.45, 7) is -0.401. The Morgan fingerprint density at radius 1 is 1.00 bits per heavy atom. The molecule has 13 heavy (non-hydrogen) atoms. The molecule has 1 fully saturated rings. The van der Waals surface area contributed by atoms with Crippen molar-refractivity contribution < 1.29 is 35.3 Å². The minimum absolute atomic E-state index is 0.401. The number of hydrogen-bond acceptors (Lipinski definition) is 7. The van der Waals surface area contributed by atoms with Crippen molar-refractivity contribution in [2.24, 2.45) is 0 Å². The van der Waals surface area contributed by atoms with Crippen molar-refractivity contribution in [1.82, 2.24) is 0 Å². The lowest BCUT2D eigenvalue weighted by Gasteiger charge is -2.37. The van der Waals surface area contributed by atoms with Crippen LogP contribution in [0.15, 0.2) is 0 Å². The predicted octanol–water partition coefficient (Wildman–Crippen LogP) is -2.72. The van der Waals surface area contributed by atoms with Gasteiger partial charge in [0.2, 0.25) is 0 Å². The van der Waals surface area contributed by atoms with E-state index in [1.54, 1.807) is 0 Å². The van der Waals surface area contributed by atoms with Gasteiger partial charge in [0.15, 0.2) is 6.29 Å². The molecule has 0 aliphatic carbocycles. The van der Waals surface area contributed by atoms with Gasteiger partial charge >= 0.3 is 0 Å². The van der Waals surface area contributed by atoms with Crippen LogP contribution in [0.4, 0.5) is 0 Å². The van der Waals surface area contributed by atoms with Crippen LogP contribution >= 0.6 is 0 Å². The van der Waals surface area contributed by atoms with Gasteiger partial charge in [0.25, 0.3) is 0 Å². The Labute approximate surface area is 73.7 Å². The van der Waals surface area contributed by atoms with Gasteiger partial charge in [-0.15, -0.1) is 0 Å². The van der Waals surface area contributed by atoms with E-state index < -0.39 is 37.3 Å². The molecule has 0 amide bonds. The summed E-state index contributed by atoms with van der Waals surface area (Å²) < 4.78 is 4.63. The SMILES string of the molecule is OOC[C@H]1O[C@H](O)[C@@H](O)[C@@H](O)[C@@H]1O. The lowest BCUT2D eigenvalue weighted by atomic mass is 9.99. The van der Waals surface area contributed by atoms with Crippen LogP contribution in [-0.2, 0) is 9.62 Å². The van der Waals surface area contributed by atoms with Crippen LogP contribution in [-0.4, -0.2) is 63.0 Å². The molecule has 78 valence electrons. The van der Waals surface area contributed by atoms with E-state index in [-0.39, 0.29) is 0 Å². The van der Waals surface area contributed by atoms with Crippen LogP contribution in [0, 0.1) is 0 Å². The minimum Gasteiger partial charge on any atom is -0.387 e. The number of rotatable bonds is 2. The number of ether oxygens (including phenoxy) is 1. The van der Waals surface area contributed by atoms with E-state index in [0.717, 1.165) is 0 Å².